The summed E-state index contributed by atoms with van der Waals surface area (Å²) in [5.74, 6) is 1.37. The maximum absolute atomic E-state index is 9.35. The Hall–Kier alpha value is 0.560. The SMILES string of the molecule is CSC[C@H]1CN(Cl)CC1O. The summed E-state index contributed by atoms with van der Waals surface area (Å²) in [7, 11) is 0. The molecule has 1 unspecified atom stereocenters. The minimum atomic E-state index is -0.218. The van der Waals surface area contributed by atoms with Crippen LogP contribution in [0.2, 0.25) is 0 Å². The predicted molar refractivity (Wildman–Crippen MR) is 45.3 cm³/mol. The fourth-order valence-corrected chi connectivity index (χ4v) is 2.25. The van der Waals surface area contributed by atoms with Crippen LogP contribution >= 0.6 is 23.5 Å². The van der Waals surface area contributed by atoms with E-state index in [4.69, 9.17) is 11.8 Å². The first kappa shape index (κ1) is 8.65. The quantitative estimate of drug-likeness (QED) is 0.638. The van der Waals surface area contributed by atoms with Crippen molar-refractivity contribution in [3.63, 3.8) is 0 Å². The lowest BCUT2D eigenvalue weighted by molar-refractivity contribution is 0.155. The molecule has 0 aromatic carbocycles. The Bertz CT molecular complexity index is 114. The van der Waals surface area contributed by atoms with Gasteiger partial charge in [-0.25, -0.2) is 4.42 Å². The molecule has 0 amide bonds. The van der Waals surface area contributed by atoms with E-state index in [1.807, 2.05) is 6.26 Å². The molecule has 1 aliphatic heterocycles. The van der Waals surface area contributed by atoms with E-state index in [1.165, 1.54) is 0 Å². The van der Waals surface area contributed by atoms with Crippen molar-refractivity contribution < 1.29 is 5.11 Å². The van der Waals surface area contributed by atoms with Crippen LogP contribution in [0.4, 0.5) is 0 Å². The highest BCUT2D eigenvalue weighted by Gasteiger charge is 2.29. The molecular formula is C6H12ClNOS. The van der Waals surface area contributed by atoms with Gasteiger partial charge in [0.25, 0.3) is 0 Å². The summed E-state index contributed by atoms with van der Waals surface area (Å²) in [6, 6.07) is 0. The van der Waals surface area contributed by atoms with Crippen molar-refractivity contribution in [3.8, 4) is 0 Å². The first-order valence-corrected chi connectivity index (χ1v) is 5.05. The Kier molecular flexibility index (Phi) is 3.30. The molecule has 60 valence electrons. The standard InChI is InChI=1S/C6H12ClNOS/c1-10-4-5-2-8(7)3-6(5)9/h5-6,9H,2-4H2,1H3/t5-,6?/m1/s1. The third-order valence-electron chi connectivity index (χ3n) is 1.74. The smallest absolute Gasteiger partial charge is 0.0729 e. The first-order chi connectivity index (χ1) is 4.74. The average Bonchev–Trinajstić information content (AvgIpc) is 2.13. The topological polar surface area (TPSA) is 23.5 Å². The number of halogens is 1. The molecule has 0 saturated carbocycles. The zero-order valence-electron chi connectivity index (χ0n) is 5.96. The second-order valence-corrected chi connectivity index (χ2v) is 4.00. The molecule has 2 nitrogen and oxygen atoms in total. The van der Waals surface area contributed by atoms with Crippen molar-refractivity contribution in [2.45, 2.75) is 6.10 Å². The van der Waals surface area contributed by atoms with E-state index < -0.39 is 0 Å². The molecule has 2 atom stereocenters. The minimum absolute atomic E-state index is 0.218. The number of rotatable bonds is 2. The molecule has 1 heterocycles. The molecule has 0 aromatic rings. The fourth-order valence-electron chi connectivity index (χ4n) is 1.18. The lowest BCUT2D eigenvalue weighted by Gasteiger charge is -2.09. The van der Waals surface area contributed by atoms with Crippen molar-refractivity contribution in [1.29, 1.82) is 0 Å². The van der Waals surface area contributed by atoms with Gasteiger partial charge in [-0.05, 0) is 23.8 Å². The van der Waals surface area contributed by atoms with E-state index in [1.54, 1.807) is 16.2 Å². The van der Waals surface area contributed by atoms with Gasteiger partial charge < -0.3 is 5.11 Å². The summed E-state index contributed by atoms with van der Waals surface area (Å²) in [5.41, 5.74) is 0. The summed E-state index contributed by atoms with van der Waals surface area (Å²) in [6.45, 7) is 1.44. The molecule has 0 aliphatic carbocycles. The van der Waals surface area contributed by atoms with Crippen LogP contribution in [-0.2, 0) is 0 Å². The summed E-state index contributed by atoms with van der Waals surface area (Å²) in [4.78, 5) is 0. The molecular weight excluding hydrogens is 170 g/mol. The number of nitrogens with zero attached hydrogens (tertiary/aromatic N) is 1. The predicted octanol–water partition coefficient (Wildman–Crippen LogP) is 0.796. The first-order valence-electron chi connectivity index (χ1n) is 3.31. The van der Waals surface area contributed by atoms with E-state index in [0.717, 1.165) is 12.3 Å². The second kappa shape index (κ2) is 3.81. The van der Waals surface area contributed by atoms with Crippen molar-refractivity contribution in [2.24, 2.45) is 5.92 Å². The lowest BCUT2D eigenvalue weighted by Crippen LogP contribution is -2.19. The van der Waals surface area contributed by atoms with Gasteiger partial charge in [-0.3, -0.25) is 0 Å². The molecule has 1 saturated heterocycles. The van der Waals surface area contributed by atoms with Gasteiger partial charge in [-0.1, -0.05) is 0 Å². The molecule has 4 heteroatoms. The number of hydrogen-bond acceptors (Lipinski definition) is 3. The van der Waals surface area contributed by atoms with Crippen molar-refractivity contribution in [3.05, 3.63) is 0 Å². The number of hydrogen-bond donors (Lipinski definition) is 1. The number of aliphatic hydroxyl groups excluding tert-OH is 1. The van der Waals surface area contributed by atoms with Crippen LogP contribution in [0.25, 0.3) is 0 Å². The largest absolute Gasteiger partial charge is 0.391 e. The van der Waals surface area contributed by atoms with Gasteiger partial charge in [0.15, 0.2) is 0 Å². The van der Waals surface area contributed by atoms with E-state index in [9.17, 15) is 5.11 Å². The molecule has 1 aliphatic rings. The van der Waals surface area contributed by atoms with Crippen LogP contribution in [0.15, 0.2) is 0 Å². The average molecular weight is 182 g/mol. The molecule has 1 fully saturated rings. The van der Waals surface area contributed by atoms with Gasteiger partial charge >= 0.3 is 0 Å². The Labute approximate surface area is 70.7 Å². The molecule has 0 bridgehead atoms. The van der Waals surface area contributed by atoms with Crippen LogP contribution < -0.4 is 0 Å². The summed E-state index contributed by atoms with van der Waals surface area (Å²) in [5, 5.41) is 9.35. The molecule has 0 aromatic heterocycles. The highest BCUT2D eigenvalue weighted by molar-refractivity contribution is 7.98. The summed E-state index contributed by atoms with van der Waals surface area (Å²) >= 11 is 7.46. The number of β-amino-alcohol motifs (C(OH)–C–C–N with tert-alkyl or cyclic N) is 1. The maximum Gasteiger partial charge on any atom is 0.0729 e. The van der Waals surface area contributed by atoms with Crippen LogP contribution in [0.3, 0.4) is 0 Å². The monoisotopic (exact) mass is 181 g/mol. The molecule has 0 spiro atoms. The van der Waals surface area contributed by atoms with E-state index >= 15 is 0 Å². The Morgan fingerprint density at radius 1 is 1.70 bits per heavy atom. The minimum Gasteiger partial charge on any atom is -0.391 e. The third kappa shape index (κ3) is 2.02. The highest BCUT2D eigenvalue weighted by atomic mass is 35.5. The second-order valence-electron chi connectivity index (χ2n) is 2.61. The lowest BCUT2D eigenvalue weighted by atomic mass is 10.1. The van der Waals surface area contributed by atoms with Gasteiger partial charge in [0.1, 0.15) is 0 Å². The van der Waals surface area contributed by atoms with E-state index in [-0.39, 0.29) is 6.10 Å². The van der Waals surface area contributed by atoms with Gasteiger partial charge in [0.2, 0.25) is 0 Å². The molecule has 10 heavy (non-hydrogen) atoms. The van der Waals surface area contributed by atoms with Crippen molar-refractivity contribution in [2.75, 3.05) is 25.1 Å². The summed E-state index contributed by atoms with van der Waals surface area (Å²) < 4.78 is 1.66. The van der Waals surface area contributed by atoms with Gasteiger partial charge in [-0.15, -0.1) is 0 Å². The zero-order valence-corrected chi connectivity index (χ0v) is 7.53. The maximum atomic E-state index is 9.35. The fraction of sp³-hybridized carbons (Fsp3) is 1.00. The van der Waals surface area contributed by atoms with Crippen molar-refractivity contribution >= 4 is 23.5 Å². The van der Waals surface area contributed by atoms with Crippen LogP contribution in [0.1, 0.15) is 0 Å². The van der Waals surface area contributed by atoms with Crippen molar-refractivity contribution in [1.82, 2.24) is 4.42 Å². The van der Waals surface area contributed by atoms with E-state index in [2.05, 4.69) is 0 Å². The number of thioether (sulfide) groups is 1. The van der Waals surface area contributed by atoms with Gasteiger partial charge in [0, 0.05) is 19.0 Å². The van der Waals surface area contributed by atoms with Gasteiger partial charge in [-0.2, -0.15) is 11.8 Å². The van der Waals surface area contributed by atoms with E-state index in [0.29, 0.717) is 12.5 Å². The number of aliphatic hydroxyl groups is 1. The Balaban J connectivity index is 2.31. The molecule has 0 radical (unpaired) electrons. The van der Waals surface area contributed by atoms with Crippen LogP contribution in [0.5, 0.6) is 0 Å². The van der Waals surface area contributed by atoms with Crippen LogP contribution in [-0.4, -0.2) is 40.7 Å². The zero-order chi connectivity index (χ0) is 7.56. The Morgan fingerprint density at radius 3 is 2.80 bits per heavy atom. The third-order valence-corrected chi connectivity index (χ3v) is 2.78. The normalized spacial score (nSPS) is 35.1. The van der Waals surface area contributed by atoms with Crippen LogP contribution in [0, 0.1) is 5.92 Å². The Morgan fingerprint density at radius 2 is 2.40 bits per heavy atom. The molecule has 1 N–H and O–H groups in total. The molecule has 1 rings (SSSR count). The summed E-state index contributed by atoms with van der Waals surface area (Å²) in [6.07, 6.45) is 1.83. The highest BCUT2D eigenvalue weighted by Crippen LogP contribution is 2.21. The van der Waals surface area contributed by atoms with Gasteiger partial charge in [0.05, 0.1) is 6.10 Å².